The SMILES string of the molecule is CCCC1CCCc2nc3ccccc3cc21. The summed E-state index contributed by atoms with van der Waals surface area (Å²) in [5.74, 6) is 0.751. The molecule has 0 fully saturated rings. The summed E-state index contributed by atoms with van der Waals surface area (Å²) in [5, 5.41) is 1.30. The molecule has 0 aliphatic heterocycles. The fourth-order valence-electron chi connectivity index (χ4n) is 3.05. The summed E-state index contributed by atoms with van der Waals surface area (Å²) in [7, 11) is 0. The molecular formula is C16H19N. The molecule has 1 aromatic carbocycles. The second-order valence-electron chi connectivity index (χ2n) is 5.09. The molecule has 1 aromatic heterocycles. The van der Waals surface area contributed by atoms with Crippen molar-refractivity contribution in [2.24, 2.45) is 0 Å². The molecular weight excluding hydrogens is 206 g/mol. The van der Waals surface area contributed by atoms with Crippen LogP contribution in [0, 0.1) is 0 Å². The van der Waals surface area contributed by atoms with E-state index in [2.05, 4.69) is 37.3 Å². The van der Waals surface area contributed by atoms with E-state index in [4.69, 9.17) is 4.98 Å². The number of para-hydroxylation sites is 1. The largest absolute Gasteiger partial charge is 0.253 e. The second kappa shape index (κ2) is 4.48. The van der Waals surface area contributed by atoms with Crippen LogP contribution < -0.4 is 0 Å². The highest BCUT2D eigenvalue weighted by molar-refractivity contribution is 5.79. The van der Waals surface area contributed by atoms with E-state index in [0.29, 0.717) is 0 Å². The standard InChI is InChI=1S/C16H19N/c1-2-6-12-8-5-10-16-14(12)11-13-7-3-4-9-15(13)17-16/h3-4,7,9,11-12H,2,5-6,8,10H2,1H3. The summed E-state index contributed by atoms with van der Waals surface area (Å²) >= 11 is 0. The van der Waals surface area contributed by atoms with Gasteiger partial charge in [0.25, 0.3) is 0 Å². The van der Waals surface area contributed by atoms with E-state index in [-0.39, 0.29) is 0 Å². The van der Waals surface area contributed by atoms with E-state index in [1.54, 1.807) is 0 Å². The Bertz CT molecular complexity index is 530. The van der Waals surface area contributed by atoms with Crippen LogP contribution in [0.5, 0.6) is 0 Å². The van der Waals surface area contributed by atoms with Gasteiger partial charge < -0.3 is 0 Å². The van der Waals surface area contributed by atoms with Crippen molar-refractivity contribution in [1.82, 2.24) is 4.98 Å². The first-order valence-electron chi connectivity index (χ1n) is 6.77. The number of fused-ring (bicyclic) bond motifs is 2. The van der Waals surface area contributed by atoms with Crippen molar-refractivity contribution in [2.45, 2.75) is 44.9 Å². The molecule has 2 aromatic rings. The van der Waals surface area contributed by atoms with Gasteiger partial charge in [0, 0.05) is 11.1 Å². The highest BCUT2D eigenvalue weighted by Crippen LogP contribution is 2.35. The van der Waals surface area contributed by atoms with Gasteiger partial charge >= 0.3 is 0 Å². The van der Waals surface area contributed by atoms with Gasteiger partial charge in [-0.05, 0) is 49.3 Å². The fourth-order valence-corrected chi connectivity index (χ4v) is 3.05. The average Bonchev–Trinajstić information content (AvgIpc) is 2.37. The summed E-state index contributed by atoms with van der Waals surface area (Å²) in [5.41, 5.74) is 4.04. The topological polar surface area (TPSA) is 12.9 Å². The Labute approximate surface area is 103 Å². The number of nitrogens with zero attached hydrogens (tertiary/aromatic N) is 1. The third-order valence-electron chi connectivity index (χ3n) is 3.88. The van der Waals surface area contributed by atoms with Gasteiger partial charge in [-0.25, -0.2) is 0 Å². The molecule has 0 saturated heterocycles. The van der Waals surface area contributed by atoms with Gasteiger partial charge in [0.2, 0.25) is 0 Å². The number of hydrogen-bond donors (Lipinski definition) is 0. The smallest absolute Gasteiger partial charge is 0.0705 e. The van der Waals surface area contributed by atoms with Gasteiger partial charge in [-0.15, -0.1) is 0 Å². The zero-order valence-electron chi connectivity index (χ0n) is 10.4. The molecule has 0 N–H and O–H groups in total. The van der Waals surface area contributed by atoms with Crippen molar-refractivity contribution in [1.29, 1.82) is 0 Å². The van der Waals surface area contributed by atoms with E-state index < -0.39 is 0 Å². The Morgan fingerprint density at radius 1 is 1.29 bits per heavy atom. The van der Waals surface area contributed by atoms with E-state index in [1.165, 1.54) is 48.7 Å². The van der Waals surface area contributed by atoms with Crippen LogP contribution in [-0.2, 0) is 6.42 Å². The third kappa shape index (κ3) is 1.95. The molecule has 0 saturated carbocycles. The van der Waals surface area contributed by atoms with Crippen molar-refractivity contribution in [2.75, 3.05) is 0 Å². The minimum absolute atomic E-state index is 0.751. The third-order valence-corrected chi connectivity index (χ3v) is 3.88. The number of hydrogen-bond acceptors (Lipinski definition) is 1. The first-order chi connectivity index (χ1) is 8.38. The van der Waals surface area contributed by atoms with Gasteiger partial charge in [-0.2, -0.15) is 0 Å². The molecule has 1 heteroatoms. The highest BCUT2D eigenvalue weighted by atomic mass is 14.7. The van der Waals surface area contributed by atoms with Crippen molar-refractivity contribution in [3.63, 3.8) is 0 Å². The van der Waals surface area contributed by atoms with Gasteiger partial charge in [-0.3, -0.25) is 4.98 Å². The molecule has 0 radical (unpaired) electrons. The van der Waals surface area contributed by atoms with Crippen LogP contribution in [0.4, 0.5) is 0 Å². The Kier molecular flexibility index (Phi) is 2.84. The van der Waals surface area contributed by atoms with Crippen molar-refractivity contribution < 1.29 is 0 Å². The summed E-state index contributed by atoms with van der Waals surface area (Å²) in [6, 6.07) is 10.9. The molecule has 0 amide bonds. The molecule has 88 valence electrons. The van der Waals surface area contributed by atoms with Crippen LogP contribution in [-0.4, -0.2) is 4.98 Å². The predicted octanol–water partition coefficient (Wildman–Crippen LogP) is 4.45. The summed E-state index contributed by atoms with van der Waals surface area (Å²) in [6.07, 6.45) is 6.41. The lowest BCUT2D eigenvalue weighted by molar-refractivity contribution is 0.509. The Morgan fingerprint density at radius 3 is 3.06 bits per heavy atom. The van der Waals surface area contributed by atoms with Crippen molar-refractivity contribution in [3.8, 4) is 0 Å². The van der Waals surface area contributed by atoms with Crippen LogP contribution >= 0.6 is 0 Å². The quantitative estimate of drug-likeness (QED) is 0.735. The summed E-state index contributed by atoms with van der Waals surface area (Å²) in [4.78, 5) is 4.85. The number of aromatic nitrogens is 1. The molecule has 17 heavy (non-hydrogen) atoms. The van der Waals surface area contributed by atoms with Crippen LogP contribution in [0.15, 0.2) is 30.3 Å². The number of aryl methyl sites for hydroxylation is 1. The van der Waals surface area contributed by atoms with E-state index in [1.807, 2.05) is 0 Å². The van der Waals surface area contributed by atoms with Crippen molar-refractivity contribution >= 4 is 10.9 Å². The number of pyridine rings is 1. The predicted molar refractivity (Wildman–Crippen MR) is 72.3 cm³/mol. The van der Waals surface area contributed by atoms with E-state index in [0.717, 1.165) is 11.4 Å². The van der Waals surface area contributed by atoms with E-state index in [9.17, 15) is 0 Å². The average molecular weight is 225 g/mol. The van der Waals surface area contributed by atoms with E-state index >= 15 is 0 Å². The molecule has 1 atom stereocenters. The first-order valence-corrected chi connectivity index (χ1v) is 6.77. The van der Waals surface area contributed by atoms with Crippen LogP contribution in [0.2, 0.25) is 0 Å². The molecule has 3 rings (SSSR count). The van der Waals surface area contributed by atoms with Gasteiger partial charge in [0.15, 0.2) is 0 Å². The summed E-state index contributed by atoms with van der Waals surface area (Å²) in [6.45, 7) is 2.28. The van der Waals surface area contributed by atoms with Gasteiger partial charge in [0.1, 0.15) is 0 Å². The Balaban J connectivity index is 2.12. The molecule has 1 aliphatic carbocycles. The highest BCUT2D eigenvalue weighted by Gasteiger charge is 2.20. The molecule has 1 heterocycles. The van der Waals surface area contributed by atoms with Gasteiger partial charge in [0.05, 0.1) is 5.52 Å². The lowest BCUT2D eigenvalue weighted by atomic mass is 9.82. The Hall–Kier alpha value is -1.37. The second-order valence-corrected chi connectivity index (χ2v) is 5.09. The molecule has 0 spiro atoms. The molecule has 1 aliphatic rings. The normalized spacial score (nSPS) is 19.2. The lowest BCUT2D eigenvalue weighted by Gasteiger charge is -2.24. The Morgan fingerprint density at radius 2 is 2.18 bits per heavy atom. The fraction of sp³-hybridized carbons (Fsp3) is 0.438. The molecule has 1 unspecified atom stereocenters. The number of benzene rings is 1. The minimum atomic E-state index is 0.751. The van der Waals surface area contributed by atoms with Gasteiger partial charge in [-0.1, -0.05) is 31.5 Å². The van der Waals surface area contributed by atoms with Crippen LogP contribution in [0.25, 0.3) is 10.9 Å². The molecule has 0 bridgehead atoms. The maximum absolute atomic E-state index is 4.85. The van der Waals surface area contributed by atoms with Crippen LogP contribution in [0.1, 0.15) is 49.8 Å². The zero-order chi connectivity index (χ0) is 11.7. The van der Waals surface area contributed by atoms with Crippen LogP contribution in [0.3, 0.4) is 0 Å². The number of rotatable bonds is 2. The monoisotopic (exact) mass is 225 g/mol. The zero-order valence-corrected chi connectivity index (χ0v) is 10.4. The first kappa shape index (κ1) is 10.8. The maximum Gasteiger partial charge on any atom is 0.0705 e. The lowest BCUT2D eigenvalue weighted by Crippen LogP contribution is -2.11. The maximum atomic E-state index is 4.85. The van der Waals surface area contributed by atoms with Crippen molar-refractivity contribution in [3.05, 3.63) is 41.6 Å². The minimum Gasteiger partial charge on any atom is -0.253 e. The summed E-state index contributed by atoms with van der Waals surface area (Å²) < 4.78 is 0. The molecule has 1 nitrogen and oxygen atoms in total.